The van der Waals surface area contributed by atoms with E-state index in [2.05, 4.69) is 17.5 Å². The lowest BCUT2D eigenvalue weighted by atomic mass is 9.98. The summed E-state index contributed by atoms with van der Waals surface area (Å²) < 4.78 is 12.9. The maximum absolute atomic E-state index is 12.9. The molecule has 0 fully saturated rings. The first-order valence-electron chi connectivity index (χ1n) is 7.51. The number of halogens is 1. The first kappa shape index (κ1) is 16.2. The Morgan fingerprint density at radius 3 is 2.64 bits per heavy atom. The van der Waals surface area contributed by atoms with Gasteiger partial charge in [0.2, 0.25) is 11.8 Å². The summed E-state index contributed by atoms with van der Waals surface area (Å²) in [5.74, 6) is -1.05. The SMILES string of the molecule is NC(=O)[C@H](CNC(=O)C[C@H]1C=CCC1)Cc1ccc(F)cc1. The van der Waals surface area contributed by atoms with E-state index in [-0.39, 0.29) is 18.3 Å². The second-order valence-corrected chi connectivity index (χ2v) is 5.70. The number of nitrogens with two attached hydrogens (primary N) is 1. The Morgan fingerprint density at radius 2 is 2.05 bits per heavy atom. The molecular formula is C17H21FN2O2. The number of allylic oxidation sites excluding steroid dienone is 2. The molecule has 1 aromatic rings. The van der Waals surface area contributed by atoms with Crippen LogP contribution in [0.3, 0.4) is 0 Å². The van der Waals surface area contributed by atoms with Gasteiger partial charge in [0, 0.05) is 13.0 Å². The summed E-state index contributed by atoms with van der Waals surface area (Å²) in [6.07, 6.45) is 6.99. The monoisotopic (exact) mass is 304 g/mol. The molecule has 2 rings (SSSR count). The minimum Gasteiger partial charge on any atom is -0.369 e. The lowest BCUT2D eigenvalue weighted by molar-refractivity contribution is -0.123. The zero-order valence-corrected chi connectivity index (χ0v) is 12.4. The van der Waals surface area contributed by atoms with Gasteiger partial charge in [-0.2, -0.15) is 0 Å². The summed E-state index contributed by atoms with van der Waals surface area (Å²) in [7, 11) is 0. The molecule has 2 amide bonds. The van der Waals surface area contributed by atoms with Crippen molar-refractivity contribution in [2.45, 2.75) is 25.7 Å². The predicted molar refractivity (Wildman–Crippen MR) is 82.3 cm³/mol. The standard InChI is InChI=1S/C17H21FN2O2/c18-15-7-5-13(6-8-15)9-14(17(19)22)11-20-16(21)10-12-3-1-2-4-12/h1,3,5-8,12,14H,2,4,9-11H2,(H2,19,22)(H,20,21)/t12-,14-/m0/s1. The average molecular weight is 304 g/mol. The van der Waals surface area contributed by atoms with Gasteiger partial charge >= 0.3 is 0 Å². The minimum atomic E-state index is -0.492. The summed E-state index contributed by atoms with van der Waals surface area (Å²) in [6.45, 7) is 0.210. The van der Waals surface area contributed by atoms with Crippen molar-refractivity contribution in [2.75, 3.05) is 6.54 Å². The fourth-order valence-electron chi connectivity index (χ4n) is 2.59. The maximum atomic E-state index is 12.9. The molecule has 5 heteroatoms. The van der Waals surface area contributed by atoms with E-state index in [1.54, 1.807) is 12.1 Å². The molecule has 1 aromatic carbocycles. The fourth-order valence-corrected chi connectivity index (χ4v) is 2.59. The minimum absolute atomic E-state index is 0.0677. The van der Waals surface area contributed by atoms with E-state index in [0.29, 0.717) is 18.8 Å². The molecule has 0 saturated carbocycles. The zero-order valence-electron chi connectivity index (χ0n) is 12.4. The van der Waals surface area contributed by atoms with Crippen molar-refractivity contribution in [3.05, 3.63) is 47.8 Å². The Morgan fingerprint density at radius 1 is 1.32 bits per heavy atom. The van der Waals surface area contributed by atoms with Crippen molar-refractivity contribution in [2.24, 2.45) is 17.6 Å². The number of hydrogen-bond acceptors (Lipinski definition) is 2. The van der Waals surface area contributed by atoms with Gasteiger partial charge in [0.05, 0.1) is 5.92 Å². The van der Waals surface area contributed by atoms with E-state index >= 15 is 0 Å². The number of hydrogen-bond donors (Lipinski definition) is 2. The lowest BCUT2D eigenvalue weighted by Crippen LogP contribution is -2.37. The number of nitrogens with one attached hydrogen (secondary N) is 1. The molecule has 0 saturated heterocycles. The highest BCUT2D eigenvalue weighted by Crippen LogP contribution is 2.20. The van der Waals surface area contributed by atoms with Crippen LogP contribution in [0, 0.1) is 17.7 Å². The van der Waals surface area contributed by atoms with Gasteiger partial charge in [-0.05, 0) is 42.9 Å². The van der Waals surface area contributed by atoms with Crippen LogP contribution in [0.1, 0.15) is 24.8 Å². The summed E-state index contributed by atoms with van der Waals surface area (Å²) in [6, 6.07) is 5.93. The van der Waals surface area contributed by atoms with Crippen LogP contribution in [0.15, 0.2) is 36.4 Å². The number of amides is 2. The van der Waals surface area contributed by atoms with E-state index < -0.39 is 11.8 Å². The Kier molecular flexibility index (Phi) is 5.69. The molecule has 0 aromatic heterocycles. The van der Waals surface area contributed by atoms with Crippen molar-refractivity contribution >= 4 is 11.8 Å². The summed E-state index contributed by atoms with van der Waals surface area (Å²) in [5, 5.41) is 2.77. The molecule has 1 aliphatic carbocycles. The highest BCUT2D eigenvalue weighted by Gasteiger charge is 2.19. The fraction of sp³-hybridized carbons (Fsp3) is 0.412. The van der Waals surface area contributed by atoms with Crippen molar-refractivity contribution in [3.63, 3.8) is 0 Å². The molecule has 0 heterocycles. The second kappa shape index (κ2) is 7.73. The van der Waals surface area contributed by atoms with Gasteiger partial charge in [-0.15, -0.1) is 0 Å². The van der Waals surface area contributed by atoms with Crippen LogP contribution in [0.25, 0.3) is 0 Å². The number of rotatable bonds is 7. The predicted octanol–water partition coefficient (Wildman–Crippen LogP) is 1.94. The molecule has 22 heavy (non-hydrogen) atoms. The molecule has 0 radical (unpaired) electrons. The lowest BCUT2D eigenvalue weighted by Gasteiger charge is -2.15. The summed E-state index contributed by atoms with van der Waals surface area (Å²) >= 11 is 0. The third-order valence-electron chi connectivity index (χ3n) is 3.90. The van der Waals surface area contributed by atoms with Gasteiger partial charge in [0.1, 0.15) is 5.82 Å². The first-order chi connectivity index (χ1) is 10.5. The number of primary amides is 1. The molecule has 0 spiro atoms. The molecule has 0 aliphatic heterocycles. The normalized spacial score (nSPS) is 18.1. The topological polar surface area (TPSA) is 72.2 Å². The highest BCUT2D eigenvalue weighted by molar-refractivity contribution is 5.80. The van der Waals surface area contributed by atoms with Crippen LogP contribution in [-0.4, -0.2) is 18.4 Å². The van der Waals surface area contributed by atoms with Gasteiger partial charge < -0.3 is 11.1 Å². The van der Waals surface area contributed by atoms with E-state index in [1.807, 2.05) is 0 Å². The van der Waals surface area contributed by atoms with Gasteiger partial charge in [0.25, 0.3) is 0 Å². The zero-order chi connectivity index (χ0) is 15.9. The molecule has 118 valence electrons. The molecule has 4 nitrogen and oxygen atoms in total. The van der Waals surface area contributed by atoms with Crippen molar-refractivity contribution in [1.82, 2.24) is 5.32 Å². The van der Waals surface area contributed by atoms with E-state index in [9.17, 15) is 14.0 Å². The largest absolute Gasteiger partial charge is 0.369 e. The Bertz CT molecular complexity index is 554. The number of carbonyl (C=O) groups is 2. The Balaban J connectivity index is 1.83. The molecular weight excluding hydrogens is 283 g/mol. The van der Waals surface area contributed by atoms with Crippen LogP contribution in [0.5, 0.6) is 0 Å². The third-order valence-corrected chi connectivity index (χ3v) is 3.90. The van der Waals surface area contributed by atoms with E-state index in [0.717, 1.165) is 18.4 Å². The Hall–Kier alpha value is -2.17. The van der Waals surface area contributed by atoms with Gasteiger partial charge in [-0.25, -0.2) is 4.39 Å². The van der Waals surface area contributed by atoms with Crippen LogP contribution in [0.4, 0.5) is 4.39 Å². The van der Waals surface area contributed by atoms with Crippen molar-refractivity contribution < 1.29 is 14.0 Å². The second-order valence-electron chi connectivity index (χ2n) is 5.70. The van der Waals surface area contributed by atoms with Crippen LogP contribution >= 0.6 is 0 Å². The molecule has 1 aliphatic rings. The number of benzene rings is 1. The smallest absolute Gasteiger partial charge is 0.222 e. The van der Waals surface area contributed by atoms with Gasteiger partial charge in [-0.3, -0.25) is 9.59 Å². The molecule has 3 N–H and O–H groups in total. The average Bonchev–Trinajstić information content (AvgIpc) is 2.98. The highest BCUT2D eigenvalue weighted by atomic mass is 19.1. The van der Waals surface area contributed by atoms with Crippen LogP contribution in [0.2, 0.25) is 0 Å². The summed E-state index contributed by atoms with van der Waals surface area (Å²) in [4.78, 5) is 23.4. The first-order valence-corrected chi connectivity index (χ1v) is 7.51. The quantitative estimate of drug-likeness (QED) is 0.756. The third kappa shape index (κ3) is 4.98. The van der Waals surface area contributed by atoms with Gasteiger partial charge in [0.15, 0.2) is 0 Å². The summed E-state index contributed by atoms with van der Waals surface area (Å²) in [5.41, 5.74) is 6.21. The Labute approximate surface area is 129 Å². The molecule has 0 unspecified atom stereocenters. The molecule has 0 bridgehead atoms. The number of carbonyl (C=O) groups excluding carboxylic acids is 2. The van der Waals surface area contributed by atoms with Crippen molar-refractivity contribution in [1.29, 1.82) is 0 Å². The van der Waals surface area contributed by atoms with E-state index in [4.69, 9.17) is 5.73 Å². The van der Waals surface area contributed by atoms with Crippen LogP contribution < -0.4 is 11.1 Å². The maximum Gasteiger partial charge on any atom is 0.222 e. The van der Waals surface area contributed by atoms with Gasteiger partial charge in [-0.1, -0.05) is 24.3 Å². The van der Waals surface area contributed by atoms with Crippen LogP contribution in [-0.2, 0) is 16.0 Å². The van der Waals surface area contributed by atoms with E-state index in [1.165, 1.54) is 12.1 Å². The van der Waals surface area contributed by atoms with Crippen molar-refractivity contribution in [3.8, 4) is 0 Å². The molecule has 2 atom stereocenters.